The molecule has 7 heteroatoms. The van der Waals surface area contributed by atoms with Crippen molar-refractivity contribution in [2.75, 3.05) is 4.90 Å². The van der Waals surface area contributed by atoms with Crippen molar-refractivity contribution in [2.24, 2.45) is 11.8 Å². The molecule has 1 aromatic carbocycles. The lowest BCUT2D eigenvalue weighted by molar-refractivity contribution is -0.122. The molecule has 23 heavy (non-hydrogen) atoms. The van der Waals surface area contributed by atoms with Crippen LogP contribution in [0.5, 0.6) is 0 Å². The van der Waals surface area contributed by atoms with Crippen molar-refractivity contribution in [2.45, 2.75) is 12.8 Å². The molecule has 2 atom stereocenters. The predicted molar refractivity (Wildman–Crippen MR) is 83.0 cm³/mol. The minimum atomic E-state index is -0.538. The summed E-state index contributed by atoms with van der Waals surface area (Å²) < 4.78 is 0. The van der Waals surface area contributed by atoms with Crippen molar-refractivity contribution >= 4 is 28.3 Å². The van der Waals surface area contributed by atoms with Crippen LogP contribution in [0.3, 0.4) is 0 Å². The number of nitrogens with zero attached hydrogens (tertiary/aromatic N) is 1. The zero-order valence-electron chi connectivity index (χ0n) is 12.0. The van der Waals surface area contributed by atoms with Gasteiger partial charge in [0, 0.05) is 0 Å². The number of hydrogen-bond acceptors (Lipinski definition) is 4. The van der Waals surface area contributed by atoms with E-state index in [9.17, 15) is 19.2 Å². The average Bonchev–Trinajstić information content (AvgIpc) is 2.82. The highest BCUT2D eigenvalue weighted by Gasteiger charge is 2.48. The number of carbonyl (C=O) groups excluding carboxylic acids is 2. The summed E-state index contributed by atoms with van der Waals surface area (Å²) in [6.07, 6.45) is 4.84. The fourth-order valence-corrected chi connectivity index (χ4v) is 3.44. The summed E-state index contributed by atoms with van der Waals surface area (Å²) in [5, 5.41) is 4.70. The van der Waals surface area contributed by atoms with Gasteiger partial charge in [-0.25, -0.2) is 4.90 Å². The van der Waals surface area contributed by atoms with Crippen molar-refractivity contribution in [3.8, 4) is 0 Å². The Balaban J connectivity index is 1.96. The first-order valence-electron chi connectivity index (χ1n) is 7.36. The number of allylic oxidation sites excluding steroid dienone is 2. The molecule has 1 saturated heterocycles. The van der Waals surface area contributed by atoms with Gasteiger partial charge in [0.15, 0.2) is 0 Å². The van der Waals surface area contributed by atoms with Crippen LogP contribution in [-0.4, -0.2) is 22.0 Å². The fourth-order valence-electron chi connectivity index (χ4n) is 3.44. The van der Waals surface area contributed by atoms with E-state index in [4.69, 9.17) is 0 Å². The van der Waals surface area contributed by atoms with E-state index in [2.05, 4.69) is 10.2 Å². The molecule has 1 fully saturated rings. The Morgan fingerprint density at radius 1 is 0.870 bits per heavy atom. The van der Waals surface area contributed by atoms with Gasteiger partial charge in [-0.2, -0.15) is 0 Å². The van der Waals surface area contributed by atoms with E-state index in [1.54, 1.807) is 6.07 Å². The van der Waals surface area contributed by atoms with Crippen molar-refractivity contribution in [3.63, 3.8) is 0 Å². The third-order valence-electron chi connectivity index (χ3n) is 4.55. The van der Waals surface area contributed by atoms with Crippen molar-refractivity contribution in [1.82, 2.24) is 10.2 Å². The molecule has 1 aliphatic heterocycles. The van der Waals surface area contributed by atoms with Crippen molar-refractivity contribution in [1.29, 1.82) is 0 Å². The number of benzene rings is 1. The maximum absolute atomic E-state index is 12.7. The number of hydrogen-bond donors (Lipinski definition) is 2. The summed E-state index contributed by atoms with van der Waals surface area (Å²) in [5.74, 6) is -1.39. The number of fused-ring (bicyclic) bond motifs is 2. The van der Waals surface area contributed by atoms with Crippen LogP contribution in [0.1, 0.15) is 12.8 Å². The zero-order chi connectivity index (χ0) is 16.1. The van der Waals surface area contributed by atoms with E-state index in [0.717, 1.165) is 4.90 Å². The van der Waals surface area contributed by atoms with E-state index in [1.807, 2.05) is 12.2 Å². The molecule has 2 aliphatic rings. The molecule has 0 radical (unpaired) electrons. The molecule has 116 valence electrons. The van der Waals surface area contributed by atoms with Crippen LogP contribution in [0, 0.1) is 11.8 Å². The quantitative estimate of drug-likeness (QED) is 0.597. The monoisotopic (exact) mass is 311 g/mol. The van der Waals surface area contributed by atoms with Gasteiger partial charge in [0.1, 0.15) is 0 Å². The molecule has 2 heterocycles. The van der Waals surface area contributed by atoms with E-state index in [0.29, 0.717) is 12.8 Å². The molecule has 0 spiro atoms. The molecule has 1 aliphatic carbocycles. The number of anilines is 1. The van der Waals surface area contributed by atoms with Crippen LogP contribution in [0.4, 0.5) is 5.69 Å². The molecular weight excluding hydrogens is 298 g/mol. The Labute approximate surface area is 129 Å². The molecule has 0 bridgehead atoms. The Kier molecular flexibility index (Phi) is 2.84. The van der Waals surface area contributed by atoms with Crippen molar-refractivity contribution < 1.29 is 9.59 Å². The highest BCUT2D eigenvalue weighted by Crippen LogP contribution is 2.38. The summed E-state index contributed by atoms with van der Waals surface area (Å²) in [4.78, 5) is 50.4. The van der Waals surface area contributed by atoms with Gasteiger partial charge in [0.25, 0.3) is 11.1 Å². The topological polar surface area (TPSA) is 103 Å². The number of imide groups is 1. The SMILES string of the molecule is O=C1[C@@H]2CC=CC[C@H]2C(=O)N1c1cccc2c(=O)[nH][nH]c(=O)c12. The van der Waals surface area contributed by atoms with Gasteiger partial charge in [-0.05, 0) is 25.0 Å². The largest absolute Gasteiger partial charge is 0.274 e. The van der Waals surface area contributed by atoms with Crippen LogP contribution in [0.15, 0.2) is 39.9 Å². The van der Waals surface area contributed by atoms with Gasteiger partial charge < -0.3 is 0 Å². The smallest absolute Gasteiger partial charge is 0.272 e. The van der Waals surface area contributed by atoms with Gasteiger partial charge in [-0.1, -0.05) is 18.2 Å². The fraction of sp³-hybridized carbons (Fsp3) is 0.250. The molecule has 2 aromatic rings. The van der Waals surface area contributed by atoms with Gasteiger partial charge in [-0.15, -0.1) is 0 Å². The number of nitrogens with one attached hydrogen (secondary N) is 2. The standard InChI is InChI=1S/C16H13N3O4/c20-13-10-6-3-7-11(12(10)14(21)18-17-13)19-15(22)8-4-1-2-5-9(8)16(19)23/h1-3,6-9H,4-5H2,(H,17,20)(H,18,21)/t8-,9-/m1/s1. The lowest BCUT2D eigenvalue weighted by Crippen LogP contribution is -2.32. The van der Waals surface area contributed by atoms with E-state index in [1.165, 1.54) is 12.1 Å². The summed E-state index contributed by atoms with van der Waals surface area (Å²) in [6.45, 7) is 0. The maximum Gasteiger partial charge on any atom is 0.272 e. The Bertz CT molecular complexity index is 959. The second kappa shape index (κ2) is 4.77. The van der Waals surface area contributed by atoms with Gasteiger partial charge in [0.05, 0.1) is 28.3 Å². The van der Waals surface area contributed by atoms with Gasteiger partial charge >= 0.3 is 0 Å². The molecule has 7 nitrogen and oxygen atoms in total. The third kappa shape index (κ3) is 1.82. The first kappa shape index (κ1) is 13.7. The van der Waals surface area contributed by atoms with Gasteiger partial charge in [0.2, 0.25) is 11.8 Å². The first-order valence-corrected chi connectivity index (χ1v) is 7.36. The lowest BCUT2D eigenvalue weighted by atomic mass is 9.85. The summed E-state index contributed by atoms with van der Waals surface area (Å²) in [6, 6.07) is 4.58. The number of H-pyrrole nitrogens is 2. The molecule has 2 N–H and O–H groups in total. The zero-order valence-corrected chi connectivity index (χ0v) is 12.0. The van der Waals surface area contributed by atoms with Gasteiger partial charge in [-0.3, -0.25) is 29.4 Å². The Morgan fingerprint density at radius 3 is 2.13 bits per heavy atom. The third-order valence-corrected chi connectivity index (χ3v) is 4.55. The number of aromatic nitrogens is 2. The molecule has 2 amide bonds. The predicted octanol–water partition coefficient (Wildman–Crippen LogP) is 0.672. The van der Waals surface area contributed by atoms with Crippen LogP contribution >= 0.6 is 0 Å². The minimum Gasteiger partial charge on any atom is -0.274 e. The number of aromatic amines is 2. The van der Waals surface area contributed by atoms with Crippen LogP contribution in [-0.2, 0) is 9.59 Å². The number of rotatable bonds is 1. The highest BCUT2D eigenvalue weighted by molar-refractivity contribution is 6.24. The second-order valence-electron chi connectivity index (χ2n) is 5.78. The molecular formula is C16H13N3O4. The molecule has 0 saturated carbocycles. The number of amides is 2. The summed E-state index contributed by atoms with van der Waals surface area (Å²) >= 11 is 0. The Hall–Kier alpha value is -2.96. The van der Waals surface area contributed by atoms with Crippen LogP contribution < -0.4 is 16.0 Å². The highest BCUT2D eigenvalue weighted by atomic mass is 16.2. The maximum atomic E-state index is 12.7. The van der Waals surface area contributed by atoms with E-state index < -0.39 is 11.1 Å². The normalized spacial score (nSPS) is 23.6. The van der Waals surface area contributed by atoms with E-state index >= 15 is 0 Å². The molecule has 1 aromatic heterocycles. The van der Waals surface area contributed by atoms with Crippen molar-refractivity contribution in [3.05, 3.63) is 51.1 Å². The molecule has 4 rings (SSSR count). The van der Waals surface area contributed by atoms with Crippen LogP contribution in [0.2, 0.25) is 0 Å². The molecule has 0 unspecified atom stereocenters. The first-order chi connectivity index (χ1) is 11.1. The summed E-state index contributed by atoms with van der Waals surface area (Å²) in [7, 11) is 0. The summed E-state index contributed by atoms with van der Waals surface area (Å²) in [5.41, 5.74) is -0.831. The lowest BCUT2D eigenvalue weighted by Gasteiger charge is -2.16. The van der Waals surface area contributed by atoms with E-state index in [-0.39, 0.29) is 40.1 Å². The Morgan fingerprint density at radius 2 is 1.48 bits per heavy atom. The van der Waals surface area contributed by atoms with Crippen LogP contribution in [0.25, 0.3) is 10.8 Å². The second-order valence-corrected chi connectivity index (χ2v) is 5.78. The average molecular weight is 311 g/mol. The minimum absolute atomic E-state index is 0.0598. The number of carbonyl (C=O) groups is 2.